The van der Waals surface area contributed by atoms with Crippen molar-refractivity contribution in [3.8, 4) is 11.1 Å². The lowest BCUT2D eigenvalue weighted by Crippen LogP contribution is -2.25. The van der Waals surface area contributed by atoms with Gasteiger partial charge in [-0.2, -0.15) is 11.8 Å². The molecule has 0 heterocycles. The smallest absolute Gasteiger partial charge is 0.0207 e. The lowest BCUT2D eigenvalue weighted by molar-refractivity contribution is 0.537. The van der Waals surface area contributed by atoms with Crippen molar-refractivity contribution in [2.24, 2.45) is 0 Å². The summed E-state index contributed by atoms with van der Waals surface area (Å²) in [6, 6.07) is 20.0. The lowest BCUT2D eigenvalue weighted by Gasteiger charge is -2.13. The number of benzene rings is 2. The van der Waals surface area contributed by atoms with Crippen molar-refractivity contribution in [2.45, 2.75) is 32.9 Å². The second-order valence-corrected chi connectivity index (χ2v) is 6.72. The summed E-state index contributed by atoms with van der Waals surface area (Å²) in [5.74, 6) is 2.46. The molecule has 1 atom stereocenters. The van der Waals surface area contributed by atoms with Crippen molar-refractivity contribution < 1.29 is 0 Å². The molecule has 112 valence electrons. The minimum absolute atomic E-state index is 0.581. The van der Waals surface area contributed by atoms with Crippen LogP contribution >= 0.6 is 11.8 Å². The van der Waals surface area contributed by atoms with Crippen molar-refractivity contribution in [3.63, 3.8) is 0 Å². The summed E-state index contributed by atoms with van der Waals surface area (Å²) < 4.78 is 0. The van der Waals surface area contributed by atoms with E-state index < -0.39 is 0 Å². The fourth-order valence-electron chi connectivity index (χ4n) is 2.24. The molecule has 0 bridgehead atoms. The molecule has 0 saturated heterocycles. The first-order valence-corrected chi connectivity index (χ1v) is 8.90. The number of hydrogen-bond donors (Lipinski definition) is 1. The average Bonchev–Trinajstić information content (AvgIpc) is 2.54. The van der Waals surface area contributed by atoms with E-state index in [0.717, 1.165) is 6.54 Å². The Morgan fingerprint density at radius 3 is 2.29 bits per heavy atom. The number of nitrogens with one attached hydrogen (secondary N) is 1. The highest BCUT2D eigenvalue weighted by atomic mass is 32.2. The van der Waals surface area contributed by atoms with Crippen LogP contribution in [0.5, 0.6) is 0 Å². The third-order valence-electron chi connectivity index (χ3n) is 3.62. The molecule has 1 unspecified atom stereocenters. The van der Waals surface area contributed by atoms with Crippen LogP contribution in [0.4, 0.5) is 0 Å². The minimum atomic E-state index is 0.581. The SMILES string of the molecule is CCSCCC(C)NCc1ccc(-c2ccccc2)cc1. The minimum Gasteiger partial charge on any atom is -0.310 e. The quantitative estimate of drug-likeness (QED) is 0.690. The Labute approximate surface area is 133 Å². The van der Waals surface area contributed by atoms with Gasteiger partial charge in [0.15, 0.2) is 0 Å². The van der Waals surface area contributed by atoms with E-state index in [2.05, 4.69) is 73.8 Å². The molecule has 2 rings (SSSR count). The van der Waals surface area contributed by atoms with Crippen LogP contribution in [0.25, 0.3) is 11.1 Å². The molecule has 0 aliphatic rings. The van der Waals surface area contributed by atoms with E-state index >= 15 is 0 Å². The van der Waals surface area contributed by atoms with Gasteiger partial charge >= 0.3 is 0 Å². The van der Waals surface area contributed by atoms with E-state index in [0.29, 0.717) is 6.04 Å². The summed E-state index contributed by atoms with van der Waals surface area (Å²) in [6.45, 7) is 5.44. The number of rotatable bonds is 8. The fourth-order valence-corrected chi connectivity index (χ4v) is 3.05. The Morgan fingerprint density at radius 1 is 0.952 bits per heavy atom. The van der Waals surface area contributed by atoms with Gasteiger partial charge in [0.05, 0.1) is 0 Å². The highest BCUT2D eigenvalue weighted by molar-refractivity contribution is 7.99. The molecule has 0 saturated carbocycles. The average molecular weight is 299 g/mol. The zero-order valence-electron chi connectivity index (χ0n) is 13.0. The van der Waals surface area contributed by atoms with E-state index in [-0.39, 0.29) is 0 Å². The van der Waals surface area contributed by atoms with Crippen LogP contribution in [0.1, 0.15) is 25.8 Å². The van der Waals surface area contributed by atoms with Crippen LogP contribution in [-0.4, -0.2) is 17.5 Å². The predicted octanol–water partition coefficient (Wildman–Crippen LogP) is 4.97. The van der Waals surface area contributed by atoms with Crippen molar-refractivity contribution >= 4 is 11.8 Å². The molecule has 2 aromatic carbocycles. The Bertz CT molecular complexity index is 507. The molecule has 21 heavy (non-hydrogen) atoms. The molecular formula is C19H25NS. The first-order valence-electron chi connectivity index (χ1n) is 7.75. The summed E-state index contributed by atoms with van der Waals surface area (Å²) in [5.41, 5.74) is 3.92. The van der Waals surface area contributed by atoms with Crippen LogP contribution in [0.3, 0.4) is 0 Å². The van der Waals surface area contributed by atoms with E-state index in [1.54, 1.807) is 0 Å². The van der Waals surface area contributed by atoms with Gasteiger partial charge in [-0.1, -0.05) is 61.5 Å². The van der Waals surface area contributed by atoms with Crippen LogP contribution in [-0.2, 0) is 6.54 Å². The number of thioether (sulfide) groups is 1. The topological polar surface area (TPSA) is 12.0 Å². The van der Waals surface area contributed by atoms with Crippen molar-refractivity contribution in [1.82, 2.24) is 5.32 Å². The molecule has 0 aliphatic carbocycles. The molecule has 2 heteroatoms. The molecule has 0 aromatic heterocycles. The van der Waals surface area contributed by atoms with Crippen LogP contribution in [0, 0.1) is 0 Å². The van der Waals surface area contributed by atoms with Gasteiger partial charge in [0, 0.05) is 12.6 Å². The normalized spacial score (nSPS) is 12.3. The maximum absolute atomic E-state index is 3.60. The van der Waals surface area contributed by atoms with Crippen molar-refractivity contribution in [2.75, 3.05) is 11.5 Å². The standard InChI is InChI=1S/C19H25NS/c1-3-21-14-13-16(2)20-15-17-9-11-19(12-10-17)18-7-5-4-6-8-18/h4-12,16,20H,3,13-15H2,1-2H3. The highest BCUT2D eigenvalue weighted by Crippen LogP contribution is 2.19. The van der Waals surface area contributed by atoms with Gasteiger partial charge in [-0.25, -0.2) is 0 Å². The summed E-state index contributed by atoms with van der Waals surface area (Å²) in [5, 5.41) is 3.60. The fraction of sp³-hybridized carbons (Fsp3) is 0.368. The second kappa shape index (κ2) is 8.91. The van der Waals surface area contributed by atoms with Gasteiger partial charge in [-0.05, 0) is 41.5 Å². The van der Waals surface area contributed by atoms with E-state index in [1.165, 1.54) is 34.6 Å². The third kappa shape index (κ3) is 5.56. The molecule has 0 spiro atoms. The largest absolute Gasteiger partial charge is 0.310 e. The van der Waals surface area contributed by atoms with Gasteiger partial charge in [0.25, 0.3) is 0 Å². The number of hydrogen-bond acceptors (Lipinski definition) is 2. The summed E-state index contributed by atoms with van der Waals surface area (Å²) in [6.07, 6.45) is 1.24. The maximum atomic E-state index is 3.60. The zero-order chi connectivity index (χ0) is 14.9. The predicted molar refractivity (Wildman–Crippen MR) is 95.8 cm³/mol. The third-order valence-corrected chi connectivity index (χ3v) is 4.55. The molecule has 0 amide bonds. The zero-order valence-corrected chi connectivity index (χ0v) is 13.8. The molecule has 0 aliphatic heterocycles. The second-order valence-electron chi connectivity index (χ2n) is 5.33. The first kappa shape index (κ1) is 16.1. The molecule has 1 N–H and O–H groups in total. The molecule has 0 radical (unpaired) electrons. The van der Waals surface area contributed by atoms with Gasteiger partial charge in [0.2, 0.25) is 0 Å². The van der Waals surface area contributed by atoms with Gasteiger partial charge < -0.3 is 5.32 Å². The van der Waals surface area contributed by atoms with E-state index in [4.69, 9.17) is 0 Å². The molecule has 1 nitrogen and oxygen atoms in total. The molecule has 0 fully saturated rings. The van der Waals surface area contributed by atoms with E-state index in [1.807, 2.05) is 11.8 Å². The van der Waals surface area contributed by atoms with Crippen LogP contribution < -0.4 is 5.32 Å². The Balaban J connectivity index is 1.83. The highest BCUT2D eigenvalue weighted by Gasteiger charge is 2.02. The van der Waals surface area contributed by atoms with Gasteiger partial charge in [0.1, 0.15) is 0 Å². The monoisotopic (exact) mass is 299 g/mol. The molecule has 2 aromatic rings. The maximum Gasteiger partial charge on any atom is 0.0207 e. The Kier molecular flexibility index (Phi) is 6.84. The van der Waals surface area contributed by atoms with Gasteiger partial charge in [-0.3, -0.25) is 0 Å². The van der Waals surface area contributed by atoms with E-state index in [9.17, 15) is 0 Å². The summed E-state index contributed by atoms with van der Waals surface area (Å²) >= 11 is 2.02. The summed E-state index contributed by atoms with van der Waals surface area (Å²) in [7, 11) is 0. The Hall–Kier alpha value is -1.25. The van der Waals surface area contributed by atoms with Crippen LogP contribution in [0.2, 0.25) is 0 Å². The van der Waals surface area contributed by atoms with Gasteiger partial charge in [-0.15, -0.1) is 0 Å². The lowest BCUT2D eigenvalue weighted by atomic mass is 10.0. The van der Waals surface area contributed by atoms with Crippen LogP contribution in [0.15, 0.2) is 54.6 Å². The molecular weight excluding hydrogens is 274 g/mol. The first-order chi connectivity index (χ1) is 10.3. The summed E-state index contributed by atoms with van der Waals surface area (Å²) in [4.78, 5) is 0. The van der Waals surface area contributed by atoms with Crippen molar-refractivity contribution in [1.29, 1.82) is 0 Å². The van der Waals surface area contributed by atoms with Crippen molar-refractivity contribution in [3.05, 3.63) is 60.2 Å². The Morgan fingerprint density at radius 2 is 1.62 bits per heavy atom.